The average Bonchev–Trinajstić information content (AvgIpc) is 3.14. The van der Waals surface area contributed by atoms with Crippen LogP contribution in [-0.2, 0) is 20.9 Å². The maximum Gasteiger partial charge on any atom is 0.341 e. The highest BCUT2D eigenvalue weighted by atomic mass is 32.1. The molecule has 1 heterocycles. The average molecular weight is 390 g/mol. The molecule has 0 spiro atoms. The van der Waals surface area contributed by atoms with Crippen LogP contribution in [0.25, 0.3) is 0 Å². The van der Waals surface area contributed by atoms with E-state index in [4.69, 9.17) is 9.84 Å². The van der Waals surface area contributed by atoms with Gasteiger partial charge < -0.3 is 20.1 Å². The fraction of sp³-hybridized carbons (Fsp3) is 0.316. The van der Waals surface area contributed by atoms with Crippen molar-refractivity contribution in [2.45, 2.75) is 25.9 Å². The van der Waals surface area contributed by atoms with Crippen LogP contribution in [0.1, 0.15) is 29.8 Å². The molecule has 27 heavy (non-hydrogen) atoms. The Balaban J connectivity index is 1.93. The largest absolute Gasteiger partial charge is 0.482 e. The minimum Gasteiger partial charge on any atom is -0.482 e. The monoisotopic (exact) mass is 390 g/mol. The van der Waals surface area contributed by atoms with E-state index >= 15 is 0 Å². The van der Waals surface area contributed by atoms with Gasteiger partial charge in [-0.25, -0.2) is 4.79 Å². The van der Waals surface area contributed by atoms with Crippen LogP contribution in [0.15, 0.2) is 41.8 Å². The van der Waals surface area contributed by atoms with Gasteiger partial charge in [0.2, 0.25) is 11.8 Å². The molecule has 1 aromatic heterocycles. The summed E-state index contributed by atoms with van der Waals surface area (Å²) in [6.45, 7) is 1.43. The number of carboxylic acid groups (broad SMARTS) is 1. The number of nitrogens with one attached hydrogen (secondary N) is 1. The van der Waals surface area contributed by atoms with E-state index in [1.54, 1.807) is 36.2 Å². The number of amides is 2. The fourth-order valence-electron chi connectivity index (χ4n) is 2.49. The molecule has 2 aromatic rings. The SMILES string of the molecule is CC(=O)NC(CC(=O)N(C)Cc1ccc(OCC(=O)O)cc1)c1cccs1. The van der Waals surface area contributed by atoms with Crippen LogP contribution >= 0.6 is 11.3 Å². The molecule has 2 amide bonds. The quantitative estimate of drug-likeness (QED) is 0.686. The van der Waals surface area contributed by atoms with Crippen molar-refractivity contribution in [3.05, 3.63) is 52.2 Å². The fourth-order valence-corrected chi connectivity index (χ4v) is 3.26. The summed E-state index contributed by atoms with van der Waals surface area (Å²) in [5, 5.41) is 13.3. The first kappa shape index (κ1) is 20.4. The van der Waals surface area contributed by atoms with Crippen molar-refractivity contribution >= 4 is 29.1 Å². The molecule has 8 heteroatoms. The van der Waals surface area contributed by atoms with Gasteiger partial charge in [-0.15, -0.1) is 11.3 Å². The standard InChI is InChI=1S/C19H22N2O5S/c1-13(22)20-16(17-4-3-9-27-17)10-18(23)21(2)11-14-5-7-15(8-6-14)26-12-19(24)25/h3-9,16H,10-12H2,1-2H3,(H,20,22)(H,24,25). The Labute approximate surface area is 161 Å². The number of thiophene rings is 1. The molecular formula is C19H22N2O5S. The van der Waals surface area contributed by atoms with E-state index in [1.807, 2.05) is 17.5 Å². The van der Waals surface area contributed by atoms with Gasteiger partial charge in [-0.2, -0.15) is 0 Å². The molecule has 1 unspecified atom stereocenters. The van der Waals surface area contributed by atoms with E-state index in [2.05, 4.69) is 5.32 Å². The van der Waals surface area contributed by atoms with E-state index < -0.39 is 12.6 Å². The second-order valence-corrected chi connectivity index (χ2v) is 7.03. The molecule has 0 aliphatic carbocycles. The minimum atomic E-state index is -1.04. The smallest absolute Gasteiger partial charge is 0.341 e. The van der Waals surface area contributed by atoms with Crippen molar-refractivity contribution in [1.29, 1.82) is 0 Å². The number of hydrogen-bond donors (Lipinski definition) is 2. The molecule has 1 atom stereocenters. The Bertz CT molecular complexity index is 774. The third-order valence-electron chi connectivity index (χ3n) is 3.77. The molecule has 0 saturated carbocycles. The summed E-state index contributed by atoms with van der Waals surface area (Å²) < 4.78 is 5.09. The van der Waals surface area contributed by atoms with Crippen LogP contribution < -0.4 is 10.1 Å². The maximum atomic E-state index is 12.6. The molecule has 7 nitrogen and oxygen atoms in total. The lowest BCUT2D eigenvalue weighted by molar-refractivity contribution is -0.139. The van der Waals surface area contributed by atoms with Gasteiger partial charge in [-0.05, 0) is 29.1 Å². The van der Waals surface area contributed by atoms with E-state index in [-0.39, 0.29) is 24.3 Å². The number of carbonyl (C=O) groups excluding carboxylic acids is 2. The third-order valence-corrected chi connectivity index (χ3v) is 4.76. The van der Waals surface area contributed by atoms with Crippen molar-refractivity contribution in [3.8, 4) is 5.75 Å². The summed E-state index contributed by atoms with van der Waals surface area (Å²) in [5.41, 5.74) is 0.890. The second-order valence-electron chi connectivity index (χ2n) is 6.05. The molecule has 0 radical (unpaired) electrons. The van der Waals surface area contributed by atoms with Crippen LogP contribution in [0.5, 0.6) is 5.75 Å². The summed E-state index contributed by atoms with van der Waals surface area (Å²) in [7, 11) is 1.70. The number of nitrogens with zero attached hydrogens (tertiary/aromatic N) is 1. The molecule has 2 N–H and O–H groups in total. The van der Waals surface area contributed by atoms with Crippen LogP contribution in [0.3, 0.4) is 0 Å². The highest BCUT2D eigenvalue weighted by Gasteiger charge is 2.20. The molecule has 2 rings (SSSR count). The lowest BCUT2D eigenvalue weighted by Gasteiger charge is -2.22. The molecule has 1 aromatic carbocycles. The summed E-state index contributed by atoms with van der Waals surface area (Å²) >= 11 is 1.50. The van der Waals surface area contributed by atoms with Crippen molar-refractivity contribution < 1.29 is 24.2 Å². The maximum absolute atomic E-state index is 12.6. The molecular weight excluding hydrogens is 368 g/mol. The topological polar surface area (TPSA) is 95.9 Å². The van der Waals surface area contributed by atoms with Gasteiger partial charge in [0, 0.05) is 25.4 Å². The predicted octanol–water partition coefficient (Wildman–Crippen LogP) is 2.44. The number of rotatable bonds is 9. The normalized spacial score (nSPS) is 11.5. The summed E-state index contributed by atoms with van der Waals surface area (Å²) in [6.07, 6.45) is 0.177. The van der Waals surface area contributed by atoms with E-state index in [0.717, 1.165) is 10.4 Å². The Morgan fingerprint density at radius 2 is 1.93 bits per heavy atom. The summed E-state index contributed by atoms with van der Waals surface area (Å²) in [5.74, 6) is -0.850. The van der Waals surface area contributed by atoms with E-state index in [9.17, 15) is 14.4 Å². The Hall–Kier alpha value is -2.87. The first-order valence-corrected chi connectivity index (χ1v) is 9.21. The minimum absolute atomic E-state index is 0.0895. The Morgan fingerprint density at radius 3 is 2.48 bits per heavy atom. The van der Waals surface area contributed by atoms with Gasteiger partial charge in [0.05, 0.1) is 12.5 Å². The first-order chi connectivity index (χ1) is 12.8. The van der Waals surface area contributed by atoms with Crippen molar-refractivity contribution in [1.82, 2.24) is 10.2 Å². The van der Waals surface area contributed by atoms with Gasteiger partial charge in [-0.1, -0.05) is 18.2 Å². The first-order valence-electron chi connectivity index (χ1n) is 8.33. The van der Waals surface area contributed by atoms with Gasteiger partial charge in [0.1, 0.15) is 5.75 Å². The third kappa shape index (κ3) is 6.74. The van der Waals surface area contributed by atoms with Gasteiger partial charge in [-0.3, -0.25) is 9.59 Å². The number of benzene rings is 1. The molecule has 0 bridgehead atoms. The highest BCUT2D eigenvalue weighted by Crippen LogP contribution is 2.23. The lowest BCUT2D eigenvalue weighted by atomic mass is 10.1. The summed E-state index contributed by atoms with van der Waals surface area (Å²) in [4.78, 5) is 37.0. The lowest BCUT2D eigenvalue weighted by Crippen LogP contribution is -2.33. The van der Waals surface area contributed by atoms with E-state index in [0.29, 0.717) is 12.3 Å². The number of aliphatic carboxylic acids is 1. The van der Waals surface area contributed by atoms with E-state index in [1.165, 1.54) is 18.3 Å². The second kappa shape index (κ2) is 9.72. The zero-order chi connectivity index (χ0) is 19.8. The van der Waals surface area contributed by atoms with Crippen molar-refractivity contribution in [3.63, 3.8) is 0 Å². The van der Waals surface area contributed by atoms with Crippen LogP contribution in [0, 0.1) is 0 Å². The number of ether oxygens (including phenoxy) is 1. The number of carboxylic acids is 1. The van der Waals surface area contributed by atoms with Crippen LogP contribution in [-0.4, -0.2) is 41.4 Å². The van der Waals surface area contributed by atoms with Gasteiger partial charge in [0.25, 0.3) is 0 Å². The van der Waals surface area contributed by atoms with Gasteiger partial charge in [0.15, 0.2) is 6.61 Å². The zero-order valence-electron chi connectivity index (χ0n) is 15.2. The molecule has 0 fully saturated rings. The molecule has 0 aliphatic heterocycles. The van der Waals surface area contributed by atoms with Crippen LogP contribution in [0.4, 0.5) is 0 Å². The Kier molecular flexibility index (Phi) is 7.36. The zero-order valence-corrected chi connectivity index (χ0v) is 16.0. The van der Waals surface area contributed by atoms with Crippen molar-refractivity contribution in [2.24, 2.45) is 0 Å². The van der Waals surface area contributed by atoms with Gasteiger partial charge >= 0.3 is 5.97 Å². The molecule has 144 valence electrons. The van der Waals surface area contributed by atoms with Crippen LogP contribution in [0.2, 0.25) is 0 Å². The Morgan fingerprint density at radius 1 is 1.22 bits per heavy atom. The molecule has 0 saturated heterocycles. The highest BCUT2D eigenvalue weighted by molar-refractivity contribution is 7.10. The van der Waals surface area contributed by atoms with Crippen molar-refractivity contribution in [2.75, 3.05) is 13.7 Å². The number of hydrogen-bond acceptors (Lipinski definition) is 5. The number of carbonyl (C=O) groups is 3. The predicted molar refractivity (Wildman–Crippen MR) is 102 cm³/mol. The summed E-state index contributed by atoms with van der Waals surface area (Å²) in [6, 6.07) is 10.3. The molecule has 0 aliphatic rings.